The van der Waals surface area contributed by atoms with Crippen LogP contribution < -0.4 is 4.74 Å². The van der Waals surface area contributed by atoms with Gasteiger partial charge in [-0.3, -0.25) is 10.1 Å². The van der Waals surface area contributed by atoms with Crippen LogP contribution in [0.1, 0.15) is 5.56 Å². The molecule has 1 aromatic carbocycles. The van der Waals surface area contributed by atoms with Crippen molar-refractivity contribution in [2.24, 2.45) is 0 Å². The van der Waals surface area contributed by atoms with Gasteiger partial charge in [0.25, 0.3) is 0 Å². The Morgan fingerprint density at radius 3 is 2.46 bits per heavy atom. The van der Waals surface area contributed by atoms with Crippen LogP contribution in [0.4, 0.5) is 0 Å². The average molecular weight is 183 g/mol. The summed E-state index contributed by atoms with van der Waals surface area (Å²) < 4.78 is 4.79. The molecule has 0 aromatic heterocycles. The van der Waals surface area contributed by atoms with E-state index in [4.69, 9.17) is 9.84 Å². The normalized spacial score (nSPS) is 9.62. The van der Waals surface area contributed by atoms with Crippen LogP contribution in [0, 0.1) is 10.1 Å². The van der Waals surface area contributed by atoms with E-state index in [-0.39, 0.29) is 6.61 Å². The second-order valence-electron chi connectivity index (χ2n) is 2.41. The molecule has 1 aromatic rings. The number of rotatable bonds is 4. The molecular weight excluding hydrogens is 174 g/mol. The van der Waals surface area contributed by atoms with Crippen LogP contribution in [0.5, 0.6) is 5.75 Å². The van der Waals surface area contributed by atoms with Gasteiger partial charge in [-0.05, 0) is 17.7 Å². The van der Waals surface area contributed by atoms with Crippen LogP contribution in [0.15, 0.2) is 24.3 Å². The molecule has 0 bridgehead atoms. The molecule has 0 spiro atoms. The number of nitro groups is 1. The van der Waals surface area contributed by atoms with E-state index in [9.17, 15) is 10.1 Å². The maximum absolute atomic E-state index is 9.94. The molecule has 5 heteroatoms. The number of ether oxygens (including phenoxy) is 1. The van der Waals surface area contributed by atoms with Gasteiger partial charge in [-0.15, -0.1) is 0 Å². The predicted octanol–water partition coefficient (Wildman–Crippen LogP) is 0.792. The molecule has 0 fully saturated rings. The van der Waals surface area contributed by atoms with Gasteiger partial charge < -0.3 is 9.84 Å². The van der Waals surface area contributed by atoms with Crippen molar-refractivity contribution in [3.8, 4) is 5.75 Å². The molecule has 0 saturated heterocycles. The van der Waals surface area contributed by atoms with Gasteiger partial charge in [-0.2, -0.15) is 0 Å². The number of hydrogen-bond acceptors (Lipinski definition) is 4. The predicted molar refractivity (Wildman–Crippen MR) is 44.9 cm³/mol. The monoisotopic (exact) mass is 183 g/mol. The molecule has 0 saturated carbocycles. The Kier molecular flexibility index (Phi) is 3.22. The van der Waals surface area contributed by atoms with Crippen LogP contribution in [-0.4, -0.2) is 16.8 Å². The zero-order chi connectivity index (χ0) is 9.68. The lowest BCUT2D eigenvalue weighted by Crippen LogP contribution is -2.07. The van der Waals surface area contributed by atoms with E-state index in [1.54, 1.807) is 24.3 Å². The highest BCUT2D eigenvalue weighted by Gasteiger charge is 1.98. The third-order valence-corrected chi connectivity index (χ3v) is 1.44. The fourth-order valence-corrected chi connectivity index (χ4v) is 0.818. The summed E-state index contributed by atoms with van der Waals surface area (Å²) >= 11 is 0. The van der Waals surface area contributed by atoms with Crippen LogP contribution in [-0.2, 0) is 6.61 Å². The van der Waals surface area contributed by atoms with Crippen molar-refractivity contribution in [1.82, 2.24) is 0 Å². The highest BCUT2D eigenvalue weighted by Crippen LogP contribution is 2.11. The third-order valence-electron chi connectivity index (χ3n) is 1.44. The minimum Gasteiger partial charge on any atom is -0.432 e. The summed E-state index contributed by atoms with van der Waals surface area (Å²) in [6.45, 7) is -0.589. The standard InChI is InChI=1S/C8H9NO4/c10-5-7-1-3-8(4-2-7)13-6-9(11)12/h1-4,10H,5-6H2. The Balaban J connectivity index is 2.54. The lowest BCUT2D eigenvalue weighted by Gasteiger charge is -2.01. The van der Waals surface area contributed by atoms with Gasteiger partial charge in [0.15, 0.2) is 0 Å². The van der Waals surface area contributed by atoms with Crippen molar-refractivity contribution in [1.29, 1.82) is 0 Å². The summed E-state index contributed by atoms with van der Waals surface area (Å²) in [5.74, 6) is 0.425. The quantitative estimate of drug-likeness (QED) is 0.425. The lowest BCUT2D eigenvalue weighted by molar-refractivity contribution is -0.514. The first kappa shape index (κ1) is 9.47. The summed E-state index contributed by atoms with van der Waals surface area (Å²) in [6, 6.07) is 6.45. The Morgan fingerprint density at radius 1 is 1.38 bits per heavy atom. The van der Waals surface area contributed by atoms with Crippen molar-refractivity contribution in [3.63, 3.8) is 0 Å². The molecule has 1 rings (SSSR count). The second-order valence-corrected chi connectivity index (χ2v) is 2.41. The fraction of sp³-hybridized carbons (Fsp3) is 0.250. The van der Waals surface area contributed by atoms with E-state index in [0.717, 1.165) is 5.56 Å². The van der Waals surface area contributed by atoms with Gasteiger partial charge in [-0.25, -0.2) is 0 Å². The molecule has 0 aliphatic rings. The molecule has 0 heterocycles. The molecule has 0 unspecified atom stereocenters. The smallest absolute Gasteiger partial charge is 0.344 e. The highest BCUT2D eigenvalue weighted by molar-refractivity contribution is 5.26. The summed E-state index contributed by atoms with van der Waals surface area (Å²) in [5, 5.41) is 18.6. The number of hydrogen-bond donors (Lipinski definition) is 1. The van der Waals surface area contributed by atoms with Crippen molar-refractivity contribution in [3.05, 3.63) is 39.9 Å². The first-order valence-corrected chi connectivity index (χ1v) is 3.67. The Morgan fingerprint density at radius 2 is 2.00 bits per heavy atom. The van der Waals surface area contributed by atoms with Crippen molar-refractivity contribution in [2.75, 3.05) is 6.73 Å². The highest BCUT2D eigenvalue weighted by atomic mass is 16.7. The first-order valence-electron chi connectivity index (χ1n) is 3.67. The van der Waals surface area contributed by atoms with Gasteiger partial charge in [-0.1, -0.05) is 12.1 Å². The molecule has 13 heavy (non-hydrogen) atoms. The lowest BCUT2D eigenvalue weighted by atomic mass is 10.2. The zero-order valence-electron chi connectivity index (χ0n) is 6.84. The third kappa shape index (κ3) is 3.08. The molecule has 0 atom stereocenters. The zero-order valence-corrected chi connectivity index (χ0v) is 6.84. The van der Waals surface area contributed by atoms with Gasteiger partial charge >= 0.3 is 6.73 Å². The minimum atomic E-state index is -0.556. The fourth-order valence-electron chi connectivity index (χ4n) is 0.818. The van der Waals surface area contributed by atoms with E-state index in [2.05, 4.69) is 0 Å². The van der Waals surface area contributed by atoms with Crippen molar-refractivity contribution < 1.29 is 14.8 Å². The van der Waals surface area contributed by atoms with Crippen molar-refractivity contribution in [2.45, 2.75) is 6.61 Å². The number of benzene rings is 1. The molecule has 5 nitrogen and oxygen atoms in total. The number of aliphatic hydroxyl groups is 1. The number of nitrogens with zero attached hydrogens (tertiary/aromatic N) is 1. The molecule has 0 aliphatic heterocycles. The van der Waals surface area contributed by atoms with Gasteiger partial charge in [0.05, 0.1) is 11.5 Å². The van der Waals surface area contributed by atoms with E-state index in [1.807, 2.05) is 0 Å². The second kappa shape index (κ2) is 4.42. The van der Waals surface area contributed by atoms with Crippen molar-refractivity contribution >= 4 is 0 Å². The molecule has 0 radical (unpaired) electrons. The first-order chi connectivity index (χ1) is 6.22. The van der Waals surface area contributed by atoms with Gasteiger partial charge in [0.1, 0.15) is 5.75 Å². The molecule has 0 aliphatic carbocycles. The van der Waals surface area contributed by atoms with E-state index >= 15 is 0 Å². The largest absolute Gasteiger partial charge is 0.432 e. The molecule has 0 amide bonds. The summed E-state index contributed by atoms with van der Waals surface area (Å²) in [6.07, 6.45) is 0. The molecule has 70 valence electrons. The Labute approximate surface area is 74.7 Å². The van der Waals surface area contributed by atoms with Crippen LogP contribution in [0.25, 0.3) is 0 Å². The topological polar surface area (TPSA) is 72.6 Å². The van der Waals surface area contributed by atoms with Crippen LogP contribution in [0.2, 0.25) is 0 Å². The SMILES string of the molecule is O=[N+]([O-])COc1ccc(CO)cc1. The van der Waals surface area contributed by atoms with E-state index in [1.165, 1.54) is 0 Å². The number of aliphatic hydroxyl groups excluding tert-OH is 1. The maximum atomic E-state index is 9.94. The summed E-state index contributed by atoms with van der Waals surface area (Å²) in [7, 11) is 0. The van der Waals surface area contributed by atoms with Gasteiger partial charge in [0.2, 0.25) is 0 Å². The average Bonchev–Trinajstić information content (AvgIpc) is 2.15. The van der Waals surface area contributed by atoms with Crippen LogP contribution >= 0.6 is 0 Å². The minimum absolute atomic E-state index is 0.0461. The van der Waals surface area contributed by atoms with Gasteiger partial charge in [0, 0.05) is 0 Å². The summed E-state index contributed by atoms with van der Waals surface area (Å²) in [5.41, 5.74) is 0.744. The Bertz CT molecular complexity index is 283. The maximum Gasteiger partial charge on any atom is 0.344 e. The van der Waals surface area contributed by atoms with Crippen LogP contribution in [0.3, 0.4) is 0 Å². The van der Waals surface area contributed by atoms with E-state index < -0.39 is 11.7 Å². The summed E-state index contributed by atoms with van der Waals surface area (Å²) in [4.78, 5) is 9.38. The Hall–Kier alpha value is -1.62. The van der Waals surface area contributed by atoms with E-state index in [0.29, 0.717) is 5.75 Å². The molecular formula is C8H9NO4. The molecule has 1 N–H and O–H groups in total.